The fourth-order valence-electron chi connectivity index (χ4n) is 4.07. The van der Waals surface area contributed by atoms with Crippen LogP contribution in [0.15, 0.2) is 12.3 Å². The topological polar surface area (TPSA) is 100 Å². The number of piperidine rings is 2. The molecule has 2 aliphatic heterocycles. The quantitative estimate of drug-likeness (QED) is 0.696. The van der Waals surface area contributed by atoms with Gasteiger partial charge in [-0.15, -0.1) is 0 Å². The van der Waals surface area contributed by atoms with Crippen molar-refractivity contribution in [1.29, 1.82) is 0 Å². The Bertz CT molecular complexity index is 672. The Morgan fingerprint density at radius 2 is 2.15 bits per heavy atom. The fraction of sp³-hybridized carbons (Fsp3) is 0.632. The molecule has 2 fully saturated rings. The number of carbonyl (C=O) groups is 2. The first kappa shape index (κ1) is 18.6. The number of pyridine rings is 1. The average Bonchev–Trinajstić information content (AvgIpc) is 2.64. The van der Waals surface area contributed by atoms with Gasteiger partial charge >= 0.3 is 11.8 Å². The number of aromatic nitrogens is 1. The zero-order valence-corrected chi connectivity index (χ0v) is 15.6. The summed E-state index contributed by atoms with van der Waals surface area (Å²) in [6.45, 7) is 6.56. The first-order valence-corrected chi connectivity index (χ1v) is 9.50. The molecule has 3 rings (SSSR count). The lowest BCUT2D eigenvalue weighted by atomic mass is 9.82. The van der Waals surface area contributed by atoms with E-state index in [1.165, 1.54) is 6.20 Å². The highest BCUT2D eigenvalue weighted by atomic mass is 16.2. The van der Waals surface area contributed by atoms with Crippen molar-refractivity contribution in [2.24, 2.45) is 11.8 Å². The summed E-state index contributed by atoms with van der Waals surface area (Å²) in [5.41, 5.74) is 6.97. The maximum Gasteiger partial charge on any atom is 0.313 e. The maximum absolute atomic E-state index is 12.9. The Morgan fingerprint density at radius 3 is 2.85 bits per heavy atom. The van der Waals surface area contributed by atoms with Crippen molar-refractivity contribution < 1.29 is 9.59 Å². The molecule has 4 N–H and O–H groups in total. The number of likely N-dealkylation sites (tertiary alicyclic amines) is 1. The number of aryl methyl sites for hydroxylation is 1. The Labute approximate surface area is 154 Å². The molecule has 0 radical (unpaired) electrons. The number of nitrogens with two attached hydrogens (primary N) is 1. The van der Waals surface area contributed by atoms with E-state index in [1.54, 1.807) is 11.0 Å². The van der Waals surface area contributed by atoms with Crippen molar-refractivity contribution in [3.05, 3.63) is 17.8 Å². The van der Waals surface area contributed by atoms with Gasteiger partial charge in [-0.2, -0.15) is 0 Å². The molecule has 2 amide bonds. The number of carbonyl (C=O) groups excluding carboxylic acids is 2. The first-order chi connectivity index (χ1) is 12.5. The van der Waals surface area contributed by atoms with Crippen molar-refractivity contribution >= 4 is 23.3 Å². The predicted molar refractivity (Wildman–Crippen MR) is 102 cm³/mol. The minimum atomic E-state index is -0.598. The van der Waals surface area contributed by atoms with Crippen molar-refractivity contribution in [2.45, 2.75) is 45.6 Å². The van der Waals surface area contributed by atoms with E-state index in [0.717, 1.165) is 44.3 Å². The van der Waals surface area contributed by atoms with E-state index in [4.69, 9.17) is 5.73 Å². The van der Waals surface area contributed by atoms with E-state index in [0.29, 0.717) is 29.9 Å². The first-order valence-electron chi connectivity index (χ1n) is 9.50. The van der Waals surface area contributed by atoms with E-state index >= 15 is 0 Å². The molecule has 0 bridgehead atoms. The highest BCUT2D eigenvalue weighted by molar-refractivity contribution is 6.39. The normalized spacial score (nSPS) is 26.4. The molecule has 3 atom stereocenters. The molecule has 142 valence electrons. The highest BCUT2D eigenvalue weighted by Gasteiger charge is 2.37. The third-order valence-corrected chi connectivity index (χ3v) is 5.57. The molecule has 1 aromatic heterocycles. The van der Waals surface area contributed by atoms with Crippen LogP contribution in [0.5, 0.6) is 0 Å². The Morgan fingerprint density at radius 1 is 1.35 bits per heavy atom. The molecular weight excluding hydrogens is 330 g/mol. The molecule has 7 nitrogen and oxygen atoms in total. The number of nitrogens with one attached hydrogen (secondary N) is 2. The minimum absolute atomic E-state index is 0.142. The number of rotatable bonds is 2. The summed E-state index contributed by atoms with van der Waals surface area (Å²) >= 11 is 0. The van der Waals surface area contributed by atoms with E-state index in [2.05, 4.69) is 22.5 Å². The van der Waals surface area contributed by atoms with Gasteiger partial charge in [-0.3, -0.25) is 9.59 Å². The van der Waals surface area contributed by atoms with Gasteiger partial charge in [0.2, 0.25) is 0 Å². The van der Waals surface area contributed by atoms with Crippen LogP contribution in [0.25, 0.3) is 0 Å². The monoisotopic (exact) mass is 359 g/mol. The summed E-state index contributed by atoms with van der Waals surface area (Å²) in [5, 5.41) is 6.11. The standard InChI is InChI=1S/C19H29N5O2/c1-12-5-6-16(14-4-3-7-21-9-14)24(11-12)19(26)18(25)23-15-8-13(2)17(20)22-10-15/h8,10,12,14,16,21H,3-7,9,11H2,1-2H3,(H2,20,22)(H,23,25). The smallest absolute Gasteiger partial charge is 0.313 e. The molecular formula is C19H29N5O2. The van der Waals surface area contributed by atoms with Gasteiger partial charge in [0.15, 0.2) is 0 Å². The summed E-state index contributed by atoms with van der Waals surface area (Å²) < 4.78 is 0. The summed E-state index contributed by atoms with van der Waals surface area (Å²) in [4.78, 5) is 31.3. The Hall–Kier alpha value is -2.15. The van der Waals surface area contributed by atoms with Crippen LogP contribution in [0.4, 0.5) is 11.5 Å². The second-order valence-electron chi connectivity index (χ2n) is 7.69. The van der Waals surface area contributed by atoms with E-state index < -0.39 is 11.8 Å². The van der Waals surface area contributed by atoms with Crippen LogP contribution in [0.2, 0.25) is 0 Å². The van der Waals surface area contributed by atoms with Gasteiger partial charge < -0.3 is 21.3 Å². The summed E-state index contributed by atoms with van der Waals surface area (Å²) in [6, 6.07) is 1.87. The Balaban J connectivity index is 1.71. The van der Waals surface area contributed by atoms with Crippen molar-refractivity contribution in [3.8, 4) is 0 Å². The number of nitrogen functional groups attached to an aromatic ring is 1. The van der Waals surface area contributed by atoms with Gasteiger partial charge in [0.25, 0.3) is 0 Å². The van der Waals surface area contributed by atoms with Crippen LogP contribution in [-0.2, 0) is 9.59 Å². The number of hydrogen-bond acceptors (Lipinski definition) is 5. The van der Waals surface area contributed by atoms with E-state index in [9.17, 15) is 9.59 Å². The van der Waals surface area contributed by atoms with E-state index in [1.807, 2.05) is 6.92 Å². The molecule has 7 heteroatoms. The van der Waals surface area contributed by atoms with Gasteiger partial charge in [-0.1, -0.05) is 6.92 Å². The summed E-state index contributed by atoms with van der Waals surface area (Å²) in [5.74, 6) is 0.220. The second-order valence-corrected chi connectivity index (χ2v) is 7.69. The SMILES string of the molecule is Cc1cc(NC(=O)C(=O)N2CC(C)CCC2C2CCCNC2)cnc1N. The highest BCUT2D eigenvalue weighted by Crippen LogP contribution is 2.30. The van der Waals surface area contributed by atoms with Gasteiger partial charge in [0, 0.05) is 12.6 Å². The molecule has 2 saturated heterocycles. The molecule has 1 aromatic rings. The minimum Gasteiger partial charge on any atom is -0.383 e. The van der Waals surface area contributed by atoms with Gasteiger partial charge in [-0.25, -0.2) is 4.98 Å². The van der Waals surface area contributed by atoms with Crippen molar-refractivity contribution in [3.63, 3.8) is 0 Å². The molecule has 0 spiro atoms. The van der Waals surface area contributed by atoms with Crippen LogP contribution in [0.1, 0.15) is 38.2 Å². The lowest BCUT2D eigenvalue weighted by Gasteiger charge is -2.43. The van der Waals surface area contributed by atoms with Crippen LogP contribution in [-0.4, -0.2) is 47.4 Å². The van der Waals surface area contributed by atoms with Crippen LogP contribution >= 0.6 is 0 Å². The molecule has 2 aliphatic rings. The molecule has 0 saturated carbocycles. The lowest BCUT2D eigenvalue weighted by molar-refractivity contribution is -0.147. The molecule has 3 heterocycles. The third-order valence-electron chi connectivity index (χ3n) is 5.57. The molecule has 0 aliphatic carbocycles. The second kappa shape index (κ2) is 8.03. The molecule has 26 heavy (non-hydrogen) atoms. The fourth-order valence-corrected chi connectivity index (χ4v) is 4.07. The van der Waals surface area contributed by atoms with Crippen LogP contribution in [0.3, 0.4) is 0 Å². The van der Waals surface area contributed by atoms with Crippen molar-refractivity contribution in [2.75, 3.05) is 30.7 Å². The van der Waals surface area contributed by atoms with Crippen LogP contribution in [0, 0.1) is 18.8 Å². The van der Waals surface area contributed by atoms with Crippen LogP contribution < -0.4 is 16.4 Å². The van der Waals surface area contributed by atoms with E-state index in [-0.39, 0.29) is 6.04 Å². The van der Waals surface area contributed by atoms with Gasteiger partial charge in [0.1, 0.15) is 5.82 Å². The number of amides is 2. The van der Waals surface area contributed by atoms with Crippen molar-refractivity contribution in [1.82, 2.24) is 15.2 Å². The molecule has 3 unspecified atom stereocenters. The maximum atomic E-state index is 12.9. The Kier molecular flexibility index (Phi) is 5.76. The predicted octanol–water partition coefficient (Wildman–Crippen LogP) is 1.54. The number of hydrogen-bond donors (Lipinski definition) is 3. The average molecular weight is 359 g/mol. The number of nitrogens with zero attached hydrogens (tertiary/aromatic N) is 2. The number of anilines is 2. The largest absolute Gasteiger partial charge is 0.383 e. The lowest BCUT2D eigenvalue weighted by Crippen LogP contribution is -2.55. The van der Waals surface area contributed by atoms with Gasteiger partial charge in [0.05, 0.1) is 11.9 Å². The van der Waals surface area contributed by atoms with Gasteiger partial charge in [-0.05, 0) is 69.2 Å². The zero-order chi connectivity index (χ0) is 18.7. The zero-order valence-electron chi connectivity index (χ0n) is 15.6. The summed E-state index contributed by atoms with van der Waals surface area (Å²) in [7, 11) is 0. The summed E-state index contributed by atoms with van der Waals surface area (Å²) in [6.07, 6.45) is 5.79. The third kappa shape index (κ3) is 4.15. The molecule has 0 aromatic carbocycles.